The Morgan fingerprint density at radius 2 is 1.76 bits per heavy atom. The van der Waals surface area contributed by atoms with E-state index in [0.29, 0.717) is 6.42 Å². The van der Waals surface area contributed by atoms with E-state index < -0.39 is 53.8 Å². The summed E-state index contributed by atoms with van der Waals surface area (Å²) in [5.41, 5.74) is -1.02. The molecule has 8 heteroatoms. The maximum Gasteiger partial charge on any atom is 0.412 e. The minimum atomic E-state index is -1.14. The van der Waals surface area contributed by atoms with Crippen molar-refractivity contribution >= 4 is 18.0 Å². The van der Waals surface area contributed by atoms with Crippen LogP contribution in [0.15, 0.2) is 30.3 Å². The Bertz CT molecular complexity index is 829. The van der Waals surface area contributed by atoms with Crippen LogP contribution in [0.5, 0.6) is 0 Å². The lowest BCUT2D eigenvalue weighted by Crippen LogP contribution is -2.51. The lowest BCUT2D eigenvalue weighted by atomic mass is 9.88. The van der Waals surface area contributed by atoms with Gasteiger partial charge in [0.2, 0.25) is 0 Å². The molecule has 0 aromatic heterocycles. The summed E-state index contributed by atoms with van der Waals surface area (Å²) in [5, 5.41) is 9.54. The van der Waals surface area contributed by atoms with E-state index in [2.05, 4.69) is 0 Å². The number of carbonyl (C=O) groups excluding carboxylic acids is 2. The van der Waals surface area contributed by atoms with Crippen LogP contribution in [-0.4, -0.2) is 51.5 Å². The molecule has 184 valence electrons. The number of amides is 1. The van der Waals surface area contributed by atoms with E-state index in [1.165, 1.54) is 4.90 Å². The molecule has 33 heavy (non-hydrogen) atoms. The van der Waals surface area contributed by atoms with Gasteiger partial charge in [0.25, 0.3) is 0 Å². The zero-order chi connectivity index (χ0) is 25.0. The number of hydrogen-bond acceptors (Lipinski definition) is 6. The van der Waals surface area contributed by atoms with E-state index in [4.69, 9.17) is 14.2 Å². The molecule has 1 fully saturated rings. The predicted octanol–water partition coefficient (Wildman–Crippen LogP) is 4.61. The van der Waals surface area contributed by atoms with Crippen LogP contribution in [0, 0.1) is 11.8 Å². The molecule has 0 saturated carbocycles. The van der Waals surface area contributed by atoms with Crippen molar-refractivity contribution in [3.8, 4) is 0 Å². The second-order valence-electron chi connectivity index (χ2n) is 10.4. The molecular formula is C25H37NO7. The van der Waals surface area contributed by atoms with Gasteiger partial charge >= 0.3 is 18.0 Å². The van der Waals surface area contributed by atoms with Crippen molar-refractivity contribution in [2.45, 2.75) is 91.4 Å². The third kappa shape index (κ3) is 7.45. The Morgan fingerprint density at radius 3 is 2.27 bits per heavy atom. The zero-order valence-corrected chi connectivity index (χ0v) is 20.7. The van der Waals surface area contributed by atoms with E-state index in [-0.39, 0.29) is 12.5 Å². The molecule has 3 atom stereocenters. The summed E-state index contributed by atoms with van der Waals surface area (Å²) in [6.07, 6.45) is -1.37. The van der Waals surface area contributed by atoms with Gasteiger partial charge in [-0.2, -0.15) is 0 Å². The van der Waals surface area contributed by atoms with Crippen molar-refractivity contribution in [1.29, 1.82) is 0 Å². The maximum atomic E-state index is 13.1. The highest BCUT2D eigenvalue weighted by atomic mass is 16.6. The fourth-order valence-electron chi connectivity index (χ4n) is 4.11. The van der Waals surface area contributed by atoms with Gasteiger partial charge in [-0.05, 0) is 52.5 Å². The number of esters is 1. The number of carboxylic acid groups (broad SMARTS) is 1. The SMILES string of the molecule is CC(C)C[C@H]1[C@H]([C@@H](CC(=O)O)C(=O)OCc2ccccc2)OC(C)(C)N1C(=O)OC(C)(C)C. The molecule has 0 radical (unpaired) electrons. The molecule has 1 aliphatic heterocycles. The molecule has 1 aromatic carbocycles. The second kappa shape index (κ2) is 10.5. The van der Waals surface area contributed by atoms with Gasteiger partial charge in [0.1, 0.15) is 17.9 Å². The first-order valence-corrected chi connectivity index (χ1v) is 11.3. The maximum absolute atomic E-state index is 13.1. The average molecular weight is 464 g/mol. The van der Waals surface area contributed by atoms with E-state index >= 15 is 0 Å². The molecule has 0 unspecified atom stereocenters. The van der Waals surface area contributed by atoms with Crippen LogP contribution >= 0.6 is 0 Å². The molecule has 1 aliphatic rings. The average Bonchev–Trinajstić information content (AvgIpc) is 2.93. The first-order chi connectivity index (χ1) is 15.2. The van der Waals surface area contributed by atoms with Crippen molar-refractivity contribution in [2.24, 2.45) is 11.8 Å². The summed E-state index contributed by atoms with van der Waals surface area (Å²) in [4.78, 5) is 39.4. The Labute approximate surface area is 196 Å². The molecule has 8 nitrogen and oxygen atoms in total. The monoisotopic (exact) mass is 463 g/mol. The summed E-state index contributed by atoms with van der Waals surface area (Å²) in [7, 11) is 0. The summed E-state index contributed by atoms with van der Waals surface area (Å²) in [5.74, 6) is -2.73. The van der Waals surface area contributed by atoms with Crippen molar-refractivity contribution < 1.29 is 33.7 Å². The molecular weight excluding hydrogens is 426 g/mol. The highest BCUT2D eigenvalue weighted by molar-refractivity contribution is 5.80. The standard InChI is InChI=1S/C25H37NO7/c1-16(2)13-19-21(32-25(6,7)26(19)23(30)33-24(3,4)5)18(14-20(27)28)22(29)31-15-17-11-9-8-10-12-17/h8-12,16,18-19,21H,13-15H2,1-7H3,(H,27,28)/t18-,19+,21+/m1/s1. The number of benzene rings is 1. The van der Waals surface area contributed by atoms with Crippen LogP contribution in [0.25, 0.3) is 0 Å². The largest absolute Gasteiger partial charge is 0.481 e. The molecule has 0 aliphatic carbocycles. The van der Waals surface area contributed by atoms with E-state index in [1.807, 2.05) is 44.2 Å². The smallest absolute Gasteiger partial charge is 0.412 e. The number of rotatable bonds is 8. The number of carbonyl (C=O) groups is 3. The molecule has 1 heterocycles. The normalized spacial score (nSPS) is 21.0. The van der Waals surface area contributed by atoms with E-state index in [0.717, 1.165) is 5.56 Å². The van der Waals surface area contributed by atoms with Crippen LogP contribution in [0.1, 0.15) is 66.9 Å². The quantitative estimate of drug-likeness (QED) is 0.562. The Morgan fingerprint density at radius 1 is 1.15 bits per heavy atom. The van der Waals surface area contributed by atoms with Crippen LogP contribution < -0.4 is 0 Å². The third-order valence-corrected chi connectivity index (χ3v) is 5.34. The topological polar surface area (TPSA) is 102 Å². The lowest BCUT2D eigenvalue weighted by molar-refractivity contribution is -0.163. The van der Waals surface area contributed by atoms with Gasteiger partial charge in [-0.25, -0.2) is 4.79 Å². The Kier molecular flexibility index (Phi) is 8.52. The fraction of sp³-hybridized carbons (Fsp3) is 0.640. The van der Waals surface area contributed by atoms with E-state index in [9.17, 15) is 19.5 Å². The number of nitrogens with zero attached hydrogens (tertiary/aromatic N) is 1. The van der Waals surface area contributed by atoms with Crippen molar-refractivity contribution in [3.05, 3.63) is 35.9 Å². The Hall–Kier alpha value is -2.61. The molecule has 1 saturated heterocycles. The minimum Gasteiger partial charge on any atom is -0.481 e. The minimum absolute atomic E-state index is 0.0243. The van der Waals surface area contributed by atoms with Gasteiger partial charge in [0.05, 0.1) is 24.5 Å². The molecule has 2 rings (SSSR count). The highest BCUT2D eigenvalue weighted by Gasteiger charge is 2.55. The first kappa shape index (κ1) is 26.6. The van der Waals surface area contributed by atoms with Crippen LogP contribution in [-0.2, 0) is 30.4 Å². The number of aliphatic carboxylic acids is 1. The second-order valence-corrected chi connectivity index (χ2v) is 10.4. The van der Waals surface area contributed by atoms with Crippen molar-refractivity contribution in [2.75, 3.05) is 0 Å². The molecule has 1 aromatic rings. The van der Waals surface area contributed by atoms with Crippen molar-refractivity contribution in [3.63, 3.8) is 0 Å². The van der Waals surface area contributed by atoms with Crippen LogP contribution in [0.3, 0.4) is 0 Å². The van der Waals surface area contributed by atoms with Crippen LogP contribution in [0.4, 0.5) is 4.79 Å². The van der Waals surface area contributed by atoms with Gasteiger partial charge in [0.15, 0.2) is 0 Å². The zero-order valence-electron chi connectivity index (χ0n) is 20.7. The molecule has 1 amide bonds. The van der Waals surface area contributed by atoms with Gasteiger partial charge in [0, 0.05) is 0 Å². The summed E-state index contributed by atoms with van der Waals surface area (Å²) in [6, 6.07) is 8.61. The summed E-state index contributed by atoms with van der Waals surface area (Å²) < 4.78 is 17.3. The fourth-order valence-corrected chi connectivity index (χ4v) is 4.11. The third-order valence-electron chi connectivity index (χ3n) is 5.34. The summed E-state index contributed by atoms with van der Waals surface area (Å²) >= 11 is 0. The Balaban J connectivity index is 2.35. The van der Waals surface area contributed by atoms with Gasteiger partial charge in [-0.3, -0.25) is 14.5 Å². The number of ether oxygens (including phenoxy) is 3. The first-order valence-electron chi connectivity index (χ1n) is 11.3. The molecule has 1 N–H and O–H groups in total. The van der Waals surface area contributed by atoms with E-state index in [1.54, 1.807) is 34.6 Å². The van der Waals surface area contributed by atoms with Crippen molar-refractivity contribution in [1.82, 2.24) is 4.90 Å². The van der Waals surface area contributed by atoms with Gasteiger partial charge in [-0.1, -0.05) is 44.2 Å². The molecule has 0 spiro atoms. The number of carboxylic acids is 1. The number of hydrogen-bond donors (Lipinski definition) is 1. The predicted molar refractivity (Wildman–Crippen MR) is 122 cm³/mol. The lowest BCUT2D eigenvalue weighted by Gasteiger charge is -2.36. The molecule has 0 bridgehead atoms. The highest BCUT2D eigenvalue weighted by Crippen LogP contribution is 2.40. The van der Waals surface area contributed by atoms with Gasteiger partial charge in [-0.15, -0.1) is 0 Å². The van der Waals surface area contributed by atoms with Crippen LogP contribution in [0.2, 0.25) is 0 Å². The van der Waals surface area contributed by atoms with Gasteiger partial charge < -0.3 is 19.3 Å². The summed E-state index contributed by atoms with van der Waals surface area (Å²) in [6.45, 7) is 12.8.